The molecule has 1 rings (SSSR count). The molecule has 17 heavy (non-hydrogen) atoms. The SMILES string of the molecule is CCOC(=O)CCC(C)Oc1ccc(N)cc1. The van der Waals surface area contributed by atoms with E-state index in [0.29, 0.717) is 25.1 Å². The Bertz CT molecular complexity index is 348. The number of hydrogen-bond donors (Lipinski definition) is 1. The quantitative estimate of drug-likeness (QED) is 0.609. The molecule has 1 unspecified atom stereocenters. The molecule has 0 bridgehead atoms. The molecule has 0 aromatic heterocycles. The number of carbonyl (C=O) groups is 1. The zero-order chi connectivity index (χ0) is 12.7. The highest BCUT2D eigenvalue weighted by molar-refractivity contribution is 5.69. The van der Waals surface area contributed by atoms with Crippen LogP contribution in [0.5, 0.6) is 5.75 Å². The summed E-state index contributed by atoms with van der Waals surface area (Å²) < 4.78 is 10.5. The van der Waals surface area contributed by atoms with Crippen LogP contribution in [0.25, 0.3) is 0 Å². The van der Waals surface area contributed by atoms with Crippen LogP contribution in [-0.2, 0) is 9.53 Å². The summed E-state index contributed by atoms with van der Waals surface area (Å²) >= 11 is 0. The molecule has 0 heterocycles. The summed E-state index contributed by atoms with van der Waals surface area (Å²) in [7, 11) is 0. The predicted octanol–water partition coefficient (Wildman–Crippen LogP) is 2.38. The maximum absolute atomic E-state index is 11.2. The predicted molar refractivity (Wildman–Crippen MR) is 66.8 cm³/mol. The van der Waals surface area contributed by atoms with Crippen molar-refractivity contribution in [1.29, 1.82) is 0 Å². The van der Waals surface area contributed by atoms with Gasteiger partial charge in [-0.05, 0) is 44.5 Å². The van der Waals surface area contributed by atoms with Gasteiger partial charge in [0.15, 0.2) is 0 Å². The molecule has 0 aliphatic rings. The number of benzene rings is 1. The zero-order valence-electron chi connectivity index (χ0n) is 10.3. The fourth-order valence-corrected chi connectivity index (χ4v) is 1.39. The second-order valence-electron chi connectivity index (χ2n) is 3.84. The second-order valence-corrected chi connectivity index (χ2v) is 3.84. The van der Waals surface area contributed by atoms with Crippen LogP contribution in [0.3, 0.4) is 0 Å². The van der Waals surface area contributed by atoms with Crippen LogP contribution < -0.4 is 10.5 Å². The molecule has 0 aliphatic carbocycles. The molecule has 0 spiro atoms. The van der Waals surface area contributed by atoms with Gasteiger partial charge in [-0.15, -0.1) is 0 Å². The molecule has 0 saturated carbocycles. The molecule has 0 fully saturated rings. The van der Waals surface area contributed by atoms with Crippen molar-refractivity contribution in [3.63, 3.8) is 0 Å². The number of hydrogen-bond acceptors (Lipinski definition) is 4. The van der Waals surface area contributed by atoms with Crippen molar-refractivity contribution >= 4 is 11.7 Å². The molecule has 1 aromatic rings. The molecule has 1 aromatic carbocycles. The highest BCUT2D eigenvalue weighted by Crippen LogP contribution is 2.16. The number of anilines is 1. The van der Waals surface area contributed by atoms with E-state index in [1.807, 2.05) is 19.1 Å². The Morgan fingerprint density at radius 1 is 1.35 bits per heavy atom. The maximum Gasteiger partial charge on any atom is 0.305 e. The largest absolute Gasteiger partial charge is 0.491 e. The Labute approximate surface area is 102 Å². The number of rotatable bonds is 6. The average Bonchev–Trinajstić information content (AvgIpc) is 2.30. The van der Waals surface area contributed by atoms with Crippen LogP contribution in [0.15, 0.2) is 24.3 Å². The molecule has 0 saturated heterocycles. The topological polar surface area (TPSA) is 61.5 Å². The molecule has 4 nitrogen and oxygen atoms in total. The third-order valence-electron chi connectivity index (χ3n) is 2.28. The van der Waals surface area contributed by atoms with E-state index in [-0.39, 0.29) is 12.1 Å². The lowest BCUT2D eigenvalue weighted by Crippen LogP contribution is -2.15. The number of carbonyl (C=O) groups excluding carboxylic acids is 1. The normalized spacial score (nSPS) is 11.9. The summed E-state index contributed by atoms with van der Waals surface area (Å²) in [6, 6.07) is 7.20. The number of nitrogen functional groups attached to an aromatic ring is 1. The molecule has 2 N–H and O–H groups in total. The van der Waals surface area contributed by atoms with Gasteiger partial charge in [0.1, 0.15) is 5.75 Å². The van der Waals surface area contributed by atoms with Gasteiger partial charge in [-0.3, -0.25) is 4.79 Å². The zero-order valence-corrected chi connectivity index (χ0v) is 10.3. The first-order valence-electron chi connectivity index (χ1n) is 5.79. The van der Waals surface area contributed by atoms with Gasteiger partial charge in [0, 0.05) is 12.1 Å². The lowest BCUT2D eigenvalue weighted by molar-refractivity contribution is -0.143. The maximum atomic E-state index is 11.2. The van der Waals surface area contributed by atoms with Crippen molar-refractivity contribution in [3.05, 3.63) is 24.3 Å². The fourth-order valence-electron chi connectivity index (χ4n) is 1.39. The van der Waals surface area contributed by atoms with Crippen molar-refractivity contribution in [2.75, 3.05) is 12.3 Å². The van der Waals surface area contributed by atoms with Crippen LogP contribution in [0.4, 0.5) is 5.69 Å². The Morgan fingerprint density at radius 3 is 2.59 bits per heavy atom. The van der Waals surface area contributed by atoms with Crippen molar-refractivity contribution in [2.24, 2.45) is 0 Å². The van der Waals surface area contributed by atoms with E-state index in [4.69, 9.17) is 15.2 Å². The summed E-state index contributed by atoms with van der Waals surface area (Å²) in [5.41, 5.74) is 6.28. The standard InChI is InChI=1S/C13H19NO3/c1-3-16-13(15)9-4-10(2)17-12-7-5-11(14)6-8-12/h5-8,10H,3-4,9,14H2,1-2H3. The van der Waals surface area contributed by atoms with Gasteiger partial charge in [0.25, 0.3) is 0 Å². The van der Waals surface area contributed by atoms with E-state index in [1.165, 1.54) is 0 Å². The molecular weight excluding hydrogens is 218 g/mol. The summed E-state index contributed by atoms with van der Waals surface area (Å²) in [6.45, 7) is 4.15. The first-order valence-corrected chi connectivity index (χ1v) is 5.79. The monoisotopic (exact) mass is 237 g/mol. The van der Waals surface area contributed by atoms with Crippen LogP contribution in [-0.4, -0.2) is 18.7 Å². The summed E-state index contributed by atoms with van der Waals surface area (Å²) in [5, 5.41) is 0. The highest BCUT2D eigenvalue weighted by atomic mass is 16.5. The molecule has 0 aliphatic heterocycles. The van der Waals surface area contributed by atoms with Gasteiger partial charge >= 0.3 is 5.97 Å². The first-order chi connectivity index (χ1) is 8.11. The third-order valence-corrected chi connectivity index (χ3v) is 2.28. The second kappa shape index (κ2) is 6.78. The van der Waals surface area contributed by atoms with E-state index in [0.717, 1.165) is 5.75 Å². The Morgan fingerprint density at radius 2 is 2.00 bits per heavy atom. The summed E-state index contributed by atoms with van der Waals surface area (Å²) in [4.78, 5) is 11.2. The van der Waals surface area contributed by atoms with E-state index in [9.17, 15) is 4.79 Å². The van der Waals surface area contributed by atoms with Crippen LogP contribution >= 0.6 is 0 Å². The van der Waals surface area contributed by atoms with Crippen LogP contribution in [0.1, 0.15) is 26.7 Å². The summed E-state index contributed by atoms with van der Waals surface area (Å²) in [5.74, 6) is 0.579. The lowest BCUT2D eigenvalue weighted by atomic mass is 10.2. The Balaban J connectivity index is 2.31. The molecule has 94 valence electrons. The van der Waals surface area contributed by atoms with E-state index >= 15 is 0 Å². The number of esters is 1. The van der Waals surface area contributed by atoms with Gasteiger partial charge in [-0.2, -0.15) is 0 Å². The van der Waals surface area contributed by atoms with Gasteiger partial charge in [-0.25, -0.2) is 0 Å². The highest BCUT2D eigenvalue weighted by Gasteiger charge is 2.08. The van der Waals surface area contributed by atoms with E-state index in [1.54, 1.807) is 19.1 Å². The van der Waals surface area contributed by atoms with Gasteiger partial charge in [0.05, 0.1) is 12.7 Å². The molecule has 0 radical (unpaired) electrons. The lowest BCUT2D eigenvalue weighted by Gasteiger charge is -2.14. The number of nitrogens with two attached hydrogens (primary N) is 1. The van der Waals surface area contributed by atoms with Crippen molar-refractivity contribution < 1.29 is 14.3 Å². The summed E-state index contributed by atoms with van der Waals surface area (Å²) in [6.07, 6.45) is 0.996. The van der Waals surface area contributed by atoms with Gasteiger partial charge in [0.2, 0.25) is 0 Å². The molecule has 0 amide bonds. The van der Waals surface area contributed by atoms with E-state index < -0.39 is 0 Å². The molecular formula is C13H19NO3. The Kier molecular flexibility index (Phi) is 5.33. The van der Waals surface area contributed by atoms with Crippen molar-refractivity contribution in [3.8, 4) is 5.75 Å². The minimum atomic E-state index is -0.180. The smallest absolute Gasteiger partial charge is 0.305 e. The van der Waals surface area contributed by atoms with E-state index in [2.05, 4.69) is 0 Å². The molecule has 1 atom stereocenters. The van der Waals surface area contributed by atoms with Crippen LogP contribution in [0.2, 0.25) is 0 Å². The minimum Gasteiger partial charge on any atom is -0.491 e. The first kappa shape index (κ1) is 13.4. The van der Waals surface area contributed by atoms with Crippen molar-refractivity contribution in [2.45, 2.75) is 32.8 Å². The Hall–Kier alpha value is -1.71. The number of ether oxygens (including phenoxy) is 2. The minimum absolute atomic E-state index is 0.0250. The van der Waals surface area contributed by atoms with Crippen molar-refractivity contribution in [1.82, 2.24) is 0 Å². The van der Waals surface area contributed by atoms with Gasteiger partial charge in [-0.1, -0.05) is 0 Å². The van der Waals surface area contributed by atoms with Crippen LogP contribution in [0, 0.1) is 0 Å². The fraction of sp³-hybridized carbons (Fsp3) is 0.462. The van der Waals surface area contributed by atoms with Gasteiger partial charge < -0.3 is 15.2 Å². The third kappa shape index (κ3) is 5.24. The molecule has 4 heteroatoms. The average molecular weight is 237 g/mol.